The number of rotatable bonds is 8. The predicted molar refractivity (Wildman–Crippen MR) is 161 cm³/mol. The highest BCUT2D eigenvalue weighted by Crippen LogP contribution is 2.38. The molecule has 2 aliphatic heterocycles. The number of ether oxygens (including phenoxy) is 1. The zero-order chi connectivity index (χ0) is 31.6. The monoisotopic (exact) mass is 657 g/mol. The molecule has 0 radical (unpaired) electrons. The number of carbonyl (C=O) groups excluding carboxylic acids is 1. The van der Waals surface area contributed by atoms with Gasteiger partial charge >= 0.3 is 6.36 Å². The molecule has 0 saturated carbocycles. The van der Waals surface area contributed by atoms with E-state index in [0.717, 1.165) is 40.6 Å². The number of thioether (sulfide) groups is 1. The van der Waals surface area contributed by atoms with Gasteiger partial charge in [0.2, 0.25) is 15.9 Å². The van der Waals surface area contributed by atoms with Gasteiger partial charge in [-0.25, -0.2) is 28.4 Å². The molecule has 1 amide bonds. The molecule has 0 spiro atoms. The lowest BCUT2D eigenvalue weighted by molar-refractivity contribution is -0.274. The molecule has 2 aromatic heterocycles. The number of nitrogens with one attached hydrogen (secondary N) is 1. The van der Waals surface area contributed by atoms with Crippen molar-refractivity contribution in [2.45, 2.75) is 35.5 Å². The van der Waals surface area contributed by atoms with Gasteiger partial charge in [-0.3, -0.25) is 4.79 Å². The average molecular weight is 658 g/mol. The van der Waals surface area contributed by atoms with Crippen molar-refractivity contribution in [2.24, 2.45) is 0 Å². The van der Waals surface area contributed by atoms with Gasteiger partial charge in [0, 0.05) is 31.4 Å². The smallest absolute Gasteiger partial charge is 0.406 e. The topological polar surface area (TPSA) is 131 Å². The maximum Gasteiger partial charge on any atom is 0.573 e. The van der Waals surface area contributed by atoms with Gasteiger partial charge in [0.1, 0.15) is 29.5 Å². The summed E-state index contributed by atoms with van der Waals surface area (Å²) >= 11 is 1.75. The van der Waals surface area contributed by atoms with E-state index in [1.54, 1.807) is 16.7 Å². The number of carbonyl (C=O) groups is 1. The van der Waals surface area contributed by atoms with Crippen molar-refractivity contribution >= 4 is 44.7 Å². The lowest BCUT2D eigenvalue weighted by Gasteiger charge is -2.40. The zero-order valence-corrected chi connectivity index (χ0v) is 25.1. The lowest BCUT2D eigenvalue weighted by Crippen LogP contribution is -2.60. The SMILES string of the molecule is O=C(NCc1ccc(C2CC=CS2)cc1)[C@H]1CN(c2cnc3cncnc3n2)CCN1S(=O)(=O)c1ccc(OC(F)(F)F)cc1. The van der Waals surface area contributed by atoms with Crippen molar-refractivity contribution in [3.63, 3.8) is 0 Å². The van der Waals surface area contributed by atoms with Crippen molar-refractivity contribution in [2.75, 3.05) is 24.5 Å². The van der Waals surface area contributed by atoms with E-state index in [1.165, 1.54) is 24.3 Å². The van der Waals surface area contributed by atoms with Crippen LogP contribution in [0.4, 0.5) is 19.0 Å². The third-order valence-electron chi connectivity index (χ3n) is 7.34. The van der Waals surface area contributed by atoms with Gasteiger partial charge in [-0.15, -0.1) is 24.9 Å². The first-order valence-electron chi connectivity index (χ1n) is 13.8. The number of hydrogen-bond acceptors (Lipinski definition) is 10. The van der Waals surface area contributed by atoms with Crippen LogP contribution in [-0.4, -0.2) is 70.6 Å². The van der Waals surface area contributed by atoms with E-state index in [-0.39, 0.29) is 31.1 Å². The van der Waals surface area contributed by atoms with Gasteiger partial charge in [-0.05, 0) is 47.2 Å². The Hall–Kier alpha value is -4.28. The minimum Gasteiger partial charge on any atom is -0.406 e. The molecule has 2 atom stereocenters. The van der Waals surface area contributed by atoms with E-state index >= 15 is 0 Å². The Kier molecular flexibility index (Phi) is 8.61. The summed E-state index contributed by atoms with van der Waals surface area (Å²) in [6, 6.07) is 10.6. The van der Waals surface area contributed by atoms with Crippen molar-refractivity contribution in [3.05, 3.63) is 89.9 Å². The van der Waals surface area contributed by atoms with Gasteiger partial charge in [-0.2, -0.15) is 4.31 Å². The lowest BCUT2D eigenvalue weighted by atomic mass is 10.1. The number of allylic oxidation sites excluding steroid dienone is 1. The molecular formula is C29H26F3N7O4S2. The highest BCUT2D eigenvalue weighted by atomic mass is 32.2. The predicted octanol–water partition coefficient (Wildman–Crippen LogP) is 4.21. The number of alkyl halides is 3. The Labute approximate surface area is 260 Å². The number of hydrogen-bond donors (Lipinski definition) is 1. The van der Waals surface area contributed by atoms with E-state index in [4.69, 9.17) is 0 Å². The molecule has 45 heavy (non-hydrogen) atoms. The van der Waals surface area contributed by atoms with Gasteiger partial charge < -0.3 is 15.0 Å². The second-order valence-corrected chi connectivity index (χ2v) is 13.3. The molecule has 1 N–H and O–H groups in total. The highest BCUT2D eigenvalue weighted by Gasteiger charge is 2.41. The van der Waals surface area contributed by atoms with Crippen molar-refractivity contribution in [3.8, 4) is 5.75 Å². The summed E-state index contributed by atoms with van der Waals surface area (Å²) in [4.78, 5) is 32.0. The summed E-state index contributed by atoms with van der Waals surface area (Å²) in [5.74, 6) is -0.705. The van der Waals surface area contributed by atoms with Crippen LogP contribution in [0.25, 0.3) is 11.2 Å². The highest BCUT2D eigenvalue weighted by molar-refractivity contribution is 8.02. The van der Waals surface area contributed by atoms with E-state index in [1.807, 2.05) is 24.3 Å². The number of amides is 1. The molecule has 234 valence electrons. The first-order valence-corrected chi connectivity index (χ1v) is 16.2. The summed E-state index contributed by atoms with van der Waals surface area (Å²) in [6.45, 7) is 0.164. The number of fused-ring (bicyclic) bond motifs is 1. The first kappa shape index (κ1) is 30.7. The van der Waals surface area contributed by atoms with Crippen molar-refractivity contribution in [1.29, 1.82) is 0 Å². The molecule has 4 heterocycles. The fraction of sp³-hybridized carbons (Fsp3) is 0.276. The molecule has 0 bridgehead atoms. The maximum absolute atomic E-state index is 13.8. The number of nitrogens with zero attached hydrogens (tertiary/aromatic N) is 6. The third-order valence-corrected chi connectivity index (χ3v) is 10.4. The fourth-order valence-corrected chi connectivity index (χ4v) is 7.61. The van der Waals surface area contributed by atoms with E-state index in [0.29, 0.717) is 22.2 Å². The van der Waals surface area contributed by atoms with Crippen molar-refractivity contribution in [1.82, 2.24) is 29.6 Å². The Morgan fingerprint density at radius 2 is 1.82 bits per heavy atom. The summed E-state index contributed by atoms with van der Waals surface area (Å²) < 4.78 is 70.4. The molecule has 2 aromatic carbocycles. The first-order chi connectivity index (χ1) is 21.6. The molecular weight excluding hydrogens is 631 g/mol. The molecule has 11 nitrogen and oxygen atoms in total. The molecule has 4 aromatic rings. The van der Waals surface area contributed by atoms with Crippen LogP contribution in [-0.2, 0) is 21.4 Å². The van der Waals surface area contributed by atoms with Crippen LogP contribution in [0, 0.1) is 0 Å². The van der Waals surface area contributed by atoms with Crippen LogP contribution in [0.2, 0.25) is 0 Å². The Morgan fingerprint density at radius 3 is 2.53 bits per heavy atom. The van der Waals surface area contributed by atoms with E-state index in [9.17, 15) is 26.4 Å². The van der Waals surface area contributed by atoms with Crippen LogP contribution in [0.1, 0.15) is 22.8 Å². The summed E-state index contributed by atoms with van der Waals surface area (Å²) in [5, 5.41) is 5.29. The maximum atomic E-state index is 13.8. The summed E-state index contributed by atoms with van der Waals surface area (Å²) in [5.41, 5.74) is 2.83. The number of aromatic nitrogens is 4. The van der Waals surface area contributed by atoms with E-state index < -0.39 is 34.1 Å². The number of halogens is 3. The number of anilines is 1. The molecule has 0 aliphatic carbocycles. The summed E-state index contributed by atoms with van der Waals surface area (Å²) in [7, 11) is -4.31. The van der Waals surface area contributed by atoms with Gasteiger partial charge in [-0.1, -0.05) is 30.3 Å². The molecule has 1 unspecified atom stereocenters. The van der Waals surface area contributed by atoms with Crippen molar-refractivity contribution < 1.29 is 31.1 Å². The van der Waals surface area contributed by atoms with Gasteiger partial charge in [0.25, 0.3) is 0 Å². The standard InChI is InChI=1S/C29H26F3N7O4S2/c30-29(31,32)43-21-7-9-22(10-8-21)45(41,42)39-12-11-38(26-16-34-23-15-33-18-36-27(23)37-26)17-24(39)28(40)35-14-19-3-5-20(6-4-19)25-2-1-13-44-25/h1,3-10,13,15-16,18,24-25H,2,11-12,14,17H2,(H,35,40)/t24-,25?/m1/s1. The largest absolute Gasteiger partial charge is 0.573 e. The Morgan fingerprint density at radius 1 is 1.04 bits per heavy atom. The number of piperazine rings is 1. The van der Waals surface area contributed by atoms with E-state index in [2.05, 4.69) is 41.5 Å². The summed E-state index contributed by atoms with van der Waals surface area (Å²) in [6.07, 6.45) is 2.51. The fourth-order valence-electron chi connectivity index (χ4n) is 5.09. The van der Waals surface area contributed by atoms with Crippen LogP contribution < -0.4 is 15.0 Å². The molecule has 6 rings (SSSR count). The van der Waals surface area contributed by atoms with Gasteiger partial charge in [0.15, 0.2) is 5.65 Å². The molecule has 1 saturated heterocycles. The Bertz CT molecular complexity index is 1820. The number of sulfonamides is 1. The Balaban J connectivity index is 1.23. The zero-order valence-electron chi connectivity index (χ0n) is 23.5. The number of benzene rings is 2. The third kappa shape index (κ3) is 7.02. The van der Waals surface area contributed by atoms with Crippen LogP contribution in [0.15, 0.2) is 83.6 Å². The molecule has 2 aliphatic rings. The second-order valence-electron chi connectivity index (χ2n) is 10.2. The van der Waals surface area contributed by atoms with Gasteiger partial charge in [0.05, 0.1) is 17.3 Å². The molecule has 16 heteroatoms. The molecule has 1 fully saturated rings. The second kappa shape index (κ2) is 12.6. The average Bonchev–Trinajstić information content (AvgIpc) is 3.58. The van der Waals surface area contributed by atoms with Crippen LogP contribution in [0.5, 0.6) is 5.75 Å². The van der Waals surface area contributed by atoms with Crippen LogP contribution in [0.3, 0.4) is 0 Å². The van der Waals surface area contributed by atoms with Crippen LogP contribution >= 0.6 is 11.8 Å². The quantitative estimate of drug-likeness (QED) is 0.294. The normalized spacial score (nSPS) is 19.1. The minimum absolute atomic E-state index is 0.0591. The minimum atomic E-state index is -4.93.